The van der Waals surface area contributed by atoms with Crippen molar-refractivity contribution in [1.29, 1.82) is 0 Å². The number of amides is 1. The number of rotatable bonds is 1. The smallest absolute Gasteiger partial charge is 0.221 e. The van der Waals surface area contributed by atoms with Crippen LogP contribution in [0.1, 0.15) is 51.4 Å². The number of nitrogens with zero attached hydrogens (tertiary/aromatic N) is 1. The number of nitrogens with one attached hydrogen (secondary N) is 1. The van der Waals surface area contributed by atoms with E-state index in [1.165, 1.54) is 12.8 Å². The molecule has 0 aromatic heterocycles. The molecule has 2 heterocycles. The van der Waals surface area contributed by atoms with Crippen LogP contribution in [0.5, 0.6) is 0 Å². The maximum atomic E-state index is 11.7. The Morgan fingerprint density at radius 3 is 3.00 bits per heavy atom. The maximum Gasteiger partial charge on any atom is 0.221 e. The minimum Gasteiger partial charge on any atom is -0.390 e. The van der Waals surface area contributed by atoms with E-state index in [0.29, 0.717) is 18.4 Å². The zero-order valence-corrected chi connectivity index (χ0v) is 11.7. The van der Waals surface area contributed by atoms with Gasteiger partial charge in [-0.2, -0.15) is 0 Å². The minimum absolute atomic E-state index is 0.201. The number of fused-ring (bicyclic) bond motifs is 1. The Bertz CT molecular complexity index is 347. The van der Waals surface area contributed by atoms with Crippen LogP contribution in [0.25, 0.3) is 0 Å². The van der Waals surface area contributed by atoms with E-state index < -0.39 is 5.60 Å². The molecule has 3 atom stereocenters. The van der Waals surface area contributed by atoms with Gasteiger partial charge in [0.05, 0.1) is 5.60 Å². The molecule has 2 N–H and O–H groups in total. The first-order valence-corrected chi connectivity index (χ1v) is 7.90. The average Bonchev–Trinajstić information content (AvgIpc) is 2.62. The summed E-state index contributed by atoms with van der Waals surface area (Å²) < 4.78 is 0. The minimum atomic E-state index is -0.401. The molecule has 1 amide bonds. The molecule has 4 nitrogen and oxygen atoms in total. The van der Waals surface area contributed by atoms with Gasteiger partial charge in [-0.05, 0) is 32.1 Å². The van der Waals surface area contributed by atoms with Gasteiger partial charge in [-0.25, -0.2) is 0 Å². The molecule has 0 aromatic carbocycles. The van der Waals surface area contributed by atoms with Crippen LogP contribution < -0.4 is 5.32 Å². The highest BCUT2D eigenvalue weighted by Gasteiger charge is 2.44. The third kappa shape index (κ3) is 2.79. The van der Waals surface area contributed by atoms with Crippen LogP contribution in [-0.2, 0) is 4.79 Å². The van der Waals surface area contributed by atoms with Crippen LogP contribution in [0.4, 0.5) is 0 Å². The summed E-state index contributed by atoms with van der Waals surface area (Å²) in [6, 6.07) is 0.397. The van der Waals surface area contributed by atoms with Gasteiger partial charge in [0, 0.05) is 38.0 Å². The van der Waals surface area contributed by atoms with Gasteiger partial charge in [0.2, 0.25) is 5.91 Å². The van der Waals surface area contributed by atoms with Gasteiger partial charge in [0.15, 0.2) is 0 Å². The molecular weight excluding hydrogens is 240 g/mol. The summed E-state index contributed by atoms with van der Waals surface area (Å²) in [7, 11) is 0. The van der Waals surface area contributed by atoms with Gasteiger partial charge in [-0.15, -0.1) is 0 Å². The summed E-state index contributed by atoms with van der Waals surface area (Å²) in [5.74, 6) is 0.633. The van der Waals surface area contributed by atoms with E-state index in [2.05, 4.69) is 10.2 Å². The summed E-state index contributed by atoms with van der Waals surface area (Å²) in [5.41, 5.74) is -0.401. The number of hydrogen-bond acceptors (Lipinski definition) is 3. The van der Waals surface area contributed by atoms with Crippen molar-refractivity contribution in [2.45, 2.75) is 63.0 Å². The molecule has 3 aliphatic rings. The normalized spacial score (nSPS) is 41.2. The Balaban J connectivity index is 1.65. The second kappa shape index (κ2) is 5.41. The lowest BCUT2D eigenvalue weighted by molar-refractivity contribution is -0.124. The second-order valence-electron chi connectivity index (χ2n) is 6.64. The third-order valence-corrected chi connectivity index (χ3v) is 5.43. The lowest BCUT2D eigenvalue weighted by Crippen LogP contribution is -2.55. The van der Waals surface area contributed by atoms with Crippen molar-refractivity contribution < 1.29 is 9.90 Å². The first-order chi connectivity index (χ1) is 9.17. The summed E-state index contributed by atoms with van der Waals surface area (Å²) in [6.45, 7) is 2.79. The Labute approximate surface area is 115 Å². The van der Waals surface area contributed by atoms with Crippen molar-refractivity contribution in [3.63, 3.8) is 0 Å². The zero-order chi connectivity index (χ0) is 13.3. The SMILES string of the molecule is O=C1CC(N2CCC3(O)CCCCC3C2)CCCN1. The first kappa shape index (κ1) is 13.4. The van der Waals surface area contributed by atoms with Gasteiger partial charge in [0.1, 0.15) is 0 Å². The molecule has 3 rings (SSSR count). The van der Waals surface area contributed by atoms with Gasteiger partial charge < -0.3 is 10.4 Å². The summed E-state index contributed by atoms with van der Waals surface area (Å²) >= 11 is 0. The zero-order valence-electron chi connectivity index (χ0n) is 11.7. The van der Waals surface area contributed by atoms with Gasteiger partial charge in [-0.1, -0.05) is 12.8 Å². The second-order valence-corrected chi connectivity index (χ2v) is 6.64. The summed E-state index contributed by atoms with van der Waals surface area (Å²) in [4.78, 5) is 14.2. The third-order valence-electron chi connectivity index (χ3n) is 5.43. The molecule has 3 unspecified atom stereocenters. The molecule has 0 bridgehead atoms. The number of carbonyl (C=O) groups excluding carboxylic acids is 1. The number of piperidine rings is 1. The molecular formula is C15H26N2O2. The molecule has 4 heteroatoms. The average molecular weight is 266 g/mol. The van der Waals surface area contributed by atoms with Crippen molar-refractivity contribution in [1.82, 2.24) is 10.2 Å². The Morgan fingerprint density at radius 1 is 1.21 bits per heavy atom. The Kier molecular flexibility index (Phi) is 3.81. The van der Waals surface area contributed by atoms with Crippen LogP contribution in [0.2, 0.25) is 0 Å². The Morgan fingerprint density at radius 2 is 2.11 bits per heavy atom. The fourth-order valence-corrected chi connectivity index (χ4v) is 4.19. The molecule has 2 saturated heterocycles. The molecule has 19 heavy (non-hydrogen) atoms. The predicted octanol–water partition coefficient (Wildman–Crippen LogP) is 1.28. The fraction of sp³-hybridized carbons (Fsp3) is 0.933. The van der Waals surface area contributed by atoms with E-state index in [9.17, 15) is 9.90 Å². The number of carbonyl (C=O) groups is 1. The van der Waals surface area contributed by atoms with Crippen molar-refractivity contribution in [2.24, 2.45) is 5.92 Å². The van der Waals surface area contributed by atoms with Crippen molar-refractivity contribution in [3.05, 3.63) is 0 Å². The van der Waals surface area contributed by atoms with Crippen molar-refractivity contribution in [3.8, 4) is 0 Å². The van der Waals surface area contributed by atoms with Gasteiger partial charge >= 0.3 is 0 Å². The molecule has 1 aliphatic carbocycles. The van der Waals surface area contributed by atoms with Gasteiger partial charge in [-0.3, -0.25) is 9.69 Å². The highest BCUT2D eigenvalue weighted by molar-refractivity contribution is 5.76. The first-order valence-electron chi connectivity index (χ1n) is 7.90. The van der Waals surface area contributed by atoms with Gasteiger partial charge in [0.25, 0.3) is 0 Å². The topological polar surface area (TPSA) is 52.6 Å². The van der Waals surface area contributed by atoms with E-state index in [1.54, 1.807) is 0 Å². The van der Waals surface area contributed by atoms with E-state index in [-0.39, 0.29) is 5.91 Å². The molecule has 108 valence electrons. The van der Waals surface area contributed by atoms with Crippen LogP contribution in [0.3, 0.4) is 0 Å². The predicted molar refractivity (Wildman–Crippen MR) is 73.7 cm³/mol. The van der Waals surface area contributed by atoms with E-state index in [0.717, 1.165) is 51.7 Å². The van der Waals surface area contributed by atoms with Crippen LogP contribution in [0.15, 0.2) is 0 Å². The quantitative estimate of drug-likeness (QED) is 0.752. The fourth-order valence-electron chi connectivity index (χ4n) is 4.19. The molecule has 1 saturated carbocycles. The largest absolute Gasteiger partial charge is 0.390 e. The Hall–Kier alpha value is -0.610. The highest BCUT2D eigenvalue weighted by atomic mass is 16.3. The van der Waals surface area contributed by atoms with E-state index >= 15 is 0 Å². The molecule has 0 aromatic rings. The summed E-state index contributed by atoms with van der Waals surface area (Å²) in [5, 5.41) is 13.7. The van der Waals surface area contributed by atoms with Crippen LogP contribution >= 0.6 is 0 Å². The van der Waals surface area contributed by atoms with E-state index in [1.807, 2.05) is 0 Å². The highest BCUT2D eigenvalue weighted by Crippen LogP contribution is 2.40. The van der Waals surface area contributed by atoms with Crippen LogP contribution in [0, 0.1) is 5.92 Å². The maximum absolute atomic E-state index is 11.7. The number of aliphatic hydroxyl groups is 1. The van der Waals surface area contributed by atoms with E-state index in [4.69, 9.17) is 0 Å². The monoisotopic (exact) mass is 266 g/mol. The van der Waals surface area contributed by atoms with Crippen molar-refractivity contribution in [2.75, 3.05) is 19.6 Å². The summed E-state index contributed by atoms with van der Waals surface area (Å²) in [6.07, 6.45) is 8.32. The number of likely N-dealkylation sites (tertiary alicyclic amines) is 1. The molecule has 3 fully saturated rings. The number of hydrogen-bond donors (Lipinski definition) is 2. The molecule has 2 aliphatic heterocycles. The molecule has 0 radical (unpaired) electrons. The molecule has 0 spiro atoms. The van der Waals surface area contributed by atoms with Crippen molar-refractivity contribution >= 4 is 5.91 Å². The lowest BCUT2D eigenvalue weighted by Gasteiger charge is -2.49. The standard InChI is InChI=1S/C15H26N2O2/c18-14-10-13(5-3-8-16-14)17-9-7-15(19)6-2-1-4-12(15)11-17/h12-13,19H,1-11H2,(H,16,18). The van der Waals surface area contributed by atoms with Crippen LogP contribution in [-0.4, -0.2) is 47.2 Å². The lowest BCUT2D eigenvalue weighted by atomic mass is 9.71.